The summed E-state index contributed by atoms with van der Waals surface area (Å²) in [6, 6.07) is 0. The summed E-state index contributed by atoms with van der Waals surface area (Å²) in [7, 11) is -4.05. The Morgan fingerprint density at radius 3 is 2.39 bits per heavy atom. The third kappa shape index (κ3) is 9.41. The highest BCUT2D eigenvalue weighted by Gasteiger charge is 2.12. The first-order valence-corrected chi connectivity index (χ1v) is 7.98. The fraction of sp³-hybridized carbons (Fsp3) is 0.917. The van der Waals surface area contributed by atoms with Crippen molar-refractivity contribution in [3.63, 3.8) is 0 Å². The van der Waals surface area contributed by atoms with Crippen LogP contribution in [0.3, 0.4) is 0 Å². The van der Waals surface area contributed by atoms with E-state index < -0.39 is 21.8 Å². The van der Waals surface area contributed by atoms with Crippen molar-refractivity contribution in [3.8, 4) is 0 Å². The molecule has 5 nitrogen and oxygen atoms in total. The molecule has 108 valence electrons. The van der Waals surface area contributed by atoms with Gasteiger partial charge in [0.05, 0.1) is 0 Å². The highest BCUT2D eigenvalue weighted by molar-refractivity contribution is 7.85. The van der Waals surface area contributed by atoms with E-state index in [2.05, 4.69) is 20.8 Å². The molecule has 0 radical (unpaired) electrons. The summed E-state index contributed by atoms with van der Waals surface area (Å²) < 4.78 is 34.0. The molecule has 6 heteroatoms. The van der Waals surface area contributed by atoms with Crippen LogP contribution in [0.4, 0.5) is 0 Å². The van der Waals surface area contributed by atoms with Crippen molar-refractivity contribution in [2.75, 3.05) is 12.4 Å². The Kier molecular flexibility index (Phi) is 8.18. The van der Waals surface area contributed by atoms with Crippen LogP contribution >= 0.6 is 0 Å². The van der Waals surface area contributed by atoms with Crippen LogP contribution in [0, 0.1) is 11.8 Å². The number of hydrogen-bond acceptors (Lipinski definition) is 4. The molecule has 0 heterocycles. The molecule has 0 aliphatic carbocycles. The van der Waals surface area contributed by atoms with E-state index in [4.69, 9.17) is 9.29 Å². The third-order valence-corrected chi connectivity index (χ3v) is 3.71. The van der Waals surface area contributed by atoms with E-state index in [0.29, 0.717) is 18.3 Å². The molecule has 1 atom stereocenters. The number of esters is 1. The van der Waals surface area contributed by atoms with Gasteiger partial charge in [-0.3, -0.25) is 9.35 Å². The van der Waals surface area contributed by atoms with Gasteiger partial charge in [0.25, 0.3) is 10.1 Å². The number of ether oxygens (including phenoxy) is 1. The largest absolute Gasteiger partial charge is 0.464 e. The van der Waals surface area contributed by atoms with Crippen molar-refractivity contribution in [1.29, 1.82) is 0 Å². The van der Waals surface area contributed by atoms with E-state index in [0.717, 1.165) is 19.3 Å². The molecule has 0 aromatic rings. The monoisotopic (exact) mass is 280 g/mol. The summed E-state index contributed by atoms with van der Waals surface area (Å²) in [6.45, 7) is 6.19. The molecule has 0 aliphatic rings. The molecule has 0 saturated heterocycles. The molecule has 1 unspecified atom stereocenters. The lowest BCUT2D eigenvalue weighted by atomic mass is 9.88. The lowest BCUT2D eigenvalue weighted by molar-refractivity contribution is -0.143. The molecule has 0 amide bonds. The Morgan fingerprint density at radius 2 is 1.94 bits per heavy atom. The van der Waals surface area contributed by atoms with E-state index in [1.165, 1.54) is 0 Å². The molecule has 0 aromatic heterocycles. The van der Waals surface area contributed by atoms with Gasteiger partial charge in [0.1, 0.15) is 12.4 Å². The molecule has 18 heavy (non-hydrogen) atoms. The Bertz CT molecular complexity index is 334. The molecular formula is C12H24O5S. The molecule has 0 aromatic carbocycles. The maximum atomic E-state index is 11.3. The highest BCUT2D eigenvalue weighted by atomic mass is 32.2. The Balaban J connectivity index is 3.71. The van der Waals surface area contributed by atoms with Gasteiger partial charge in [-0.15, -0.1) is 0 Å². The van der Waals surface area contributed by atoms with E-state index in [-0.39, 0.29) is 6.61 Å². The summed E-state index contributed by atoms with van der Waals surface area (Å²) in [4.78, 5) is 11.3. The normalized spacial score (nSPS) is 13.6. The van der Waals surface area contributed by atoms with Crippen molar-refractivity contribution in [3.05, 3.63) is 0 Å². The van der Waals surface area contributed by atoms with Crippen LogP contribution in [0.5, 0.6) is 0 Å². The second kappa shape index (κ2) is 8.48. The van der Waals surface area contributed by atoms with Gasteiger partial charge >= 0.3 is 5.97 Å². The zero-order valence-electron chi connectivity index (χ0n) is 11.4. The van der Waals surface area contributed by atoms with E-state index in [1.807, 2.05) is 0 Å². The van der Waals surface area contributed by atoms with E-state index in [1.54, 1.807) is 0 Å². The van der Waals surface area contributed by atoms with Crippen LogP contribution in [0.1, 0.15) is 46.5 Å². The Morgan fingerprint density at radius 1 is 1.33 bits per heavy atom. The second-order valence-electron chi connectivity index (χ2n) is 4.81. The van der Waals surface area contributed by atoms with Gasteiger partial charge < -0.3 is 4.74 Å². The molecule has 0 rings (SSSR count). The van der Waals surface area contributed by atoms with Gasteiger partial charge in [0.2, 0.25) is 0 Å². The zero-order chi connectivity index (χ0) is 14.2. The summed E-state index contributed by atoms with van der Waals surface area (Å²) in [5.74, 6) is 0.265. The van der Waals surface area contributed by atoms with Gasteiger partial charge in [-0.1, -0.05) is 27.2 Å². The number of hydrogen-bond donors (Lipinski definition) is 1. The quantitative estimate of drug-likeness (QED) is 0.517. The summed E-state index contributed by atoms with van der Waals surface area (Å²) >= 11 is 0. The number of carbonyl (C=O) groups excluding carboxylic acids is 1. The first-order valence-electron chi connectivity index (χ1n) is 6.37. The molecule has 1 N–H and O–H groups in total. The molecule has 0 saturated carbocycles. The topological polar surface area (TPSA) is 80.7 Å². The molecule has 0 fully saturated rings. The van der Waals surface area contributed by atoms with Crippen LogP contribution in [-0.2, 0) is 19.6 Å². The average Bonchev–Trinajstić information content (AvgIpc) is 2.22. The molecule has 0 spiro atoms. The minimum absolute atomic E-state index is 0.279. The number of carbonyl (C=O) groups is 1. The smallest absolute Gasteiger partial charge is 0.305 e. The zero-order valence-corrected chi connectivity index (χ0v) is 12.2. The first kappa shape index (κ1) is 17.4. The van der Waals surface area contributed by atoms with Gasteiger partial charge in [0, 0.05) is 6.42 Å². The van der Waals surface area contributed by atoms with Gasteiger partial charge in [-0.05, 0) is 24.7 Å². The predicted octanol–water partition coefficient (Wildman–Crippen LogP) is 2.27. The average molecular weight is 280 g/mol. The van der Waals surface area contributed by atoms with Crippen LogP contribution < -0.4 is 0 Å². The molecule has 0 bridgehead atoms. The minimum atomic E-state index is -4.05. The van der Waals surface area contributed by atoms with Gasteiger partial charge in [-0.25, -0.2) is 0 Å². The van der Waals surface area contributed by atoms with Crippen LogP contribution in [0.2, 0.25) is 0 Å². The van der Waals surface area contributed by atoms with Gasteiger partial charge in [0.15, 0.2) is 0 Å². The van der Waals surface area contributed by atoms with Crippen LogP contribution in [0.15, 0.2) is 0 Å². The predicted molar refractivity (Wildman–Crippen MR) is 69.8 cm³/mol. The fourth-order valence-corrected chi connectivity index (χ4v) is 2.14. The minimum Gasteiger partial charge on any atom is -0.464 e. The fourth-order valence-electron chi connectivity index (χ4n) is 1.85. The lowest BCUT2D eigenvalue weighted by Crippen LogP contribution is -2.15. The summed E-state index contributed by atoms with van der Waals surface area (Å²) in [5.41, 5.74) is 0. The summed E-state index contributed by atoms with van der Waals surface area (Å²) in [5, 5.41) is 0. The summed E-state index contributed by atoms with van der Waals surface area (Å²) in [6.07, 6.45) is 3.12. The maximum absolute atomic E-state index is 11.3. The highest BCUT2D eigenvalue weighted by Crippen LogP contribution is 2.21. The molecule has 0 aliphatic heterocycles. The van der Waals surface area contributed by atoms with Crippen LogP contribution in [-0.4, -0.2) is 31.3 Å². The van der Waals surface area contributed by atoms with Crippen LogP contribution in [0.25, 0.3) is 0 Å². The maximum Gasteiger partial charge on any atom is 0.305 e. The SMILES string of the molecule is CCC(CCCC(=O)OCCS(=O)(=O)O)C(C)C. The number of rotatable bonds is 9. The van der Waals surface area contributed by atoms with Crippen molar-refractivity contribution in [2.24, 2.45) is 11.8 Å². The molecular weight excluding hydrogens is 256 g/mol. The van der Waals surface area contributed by atoms with Crippen molar-refractivity contribution >= 4 is 16.1 Å². The standard InChI is InChI=1S/C12H24O5S/c1-4-11(10(2)3)6-5-7-12(13)17-8-9-18(14,15)16/h10-11H,4-9H2,1-3H3,(H,14,15,16). The van der Waals surface area contributed by atoms with E-state index >= 15 is 0 Å². The second-order valence-corrected chi connectivity index (χ2v) is 6.38. The lowest BCUT2D eigenvalue weighted by Gasteiger charge is -2.18. The van der Waals surface area contributed by atoms with Crippen molar-refractivity contribution in [2.45, 2.75) is 46.5 Å². The Hall–Kier alpha value is -0.620. The Labute approximate surface area is 110 Å². The third-order valence-electron chi connectivity index (χ3n) is 3.03. The first-order chi connectivity index (χ1) is 8.26. The van der Waals surface area contributed by atoms with Crippen molar-refractivity contribution in [1.82, 2.24) is 0 Å². The van der Waals surface area contributed by atoms with E-state index in [9.17, 15) is 13.2 Å². The van der Waals surface area contributed by atoms with Gasteiger partial charge in [-0.2, -0.15) is 8.42 Å². The van der Waals surface area contributed by atoms with Crippen molar-refractivity contribution < 1.29 is 22.5 Å².